The van der Waals surface area contributed by atoms with Gasteiger partial charge in [-0.05, 0) is 46.2 Å². The minimum atomic E-state index is -0.568. The molecule has 0 unspecified atom stereocenters. The van der Waals surface area contributed by atoms with Crippen LogP contribution < -0.4 is 0 Å². The third kappa shape index (κ3) is 4.20. The first-order valence-corrected chi connectivity index (χ1v) is 5.41. The molecule has 1 saturated heterocycles. The molecule has 0 bridgehead atoms. The van der Waals surface area contributed by atoms with Gasteiger partial charge >= 0.3 is 0 Å². The van der Waals surface area contributed by atoms with Crippen molar-refractivity contribution in [1.82, 2.24) is 4.90 Å². The summed E-state index contributed by atoms with van der Waals surface area (Å²) in [6.45, 7) is 6.62. The smallest absolute Gasteiger partial charge is 0.123 e. The van der Waals surface area contributed by atoms with Crippen LogP contribution in [0.5, 0.6) is 0 Å². The first-order chi connectivity index (χ1) is 6.51. The predicted octanol–water partition coefficient (Wildman–Crippen LogP) is 1.06. The van der Waals surface area contributed by atoms with Crippen molar-refractivity contribution in [2.75, 3.05) is 19.6 Å². The Labute approximate surface area is 86.1 Å². The molecular formula is C11H21NO2. The molecule has 0 saturated carbocycles. The second kappa shape index (κ2) is 4.89. The van der Waals surface area contributed by atoms with Crippen LogP contribution in [-0.4, -0.2) is 41.5 Å². The number of likely N-dealkylation sites (tertiary alicyclic amines) is 1. The number of hydrogen-bond donors (Lipinski definition) is 1. The maximum atomic E-state index is 10.5. The van der Waals surface area contributed by atoms with Crippen LogP contribution in [0.3, 0.4) is 0 Å². The molecule has 0 amide bonds. The van der Waals surface area contributed by atoms with Crippen molar-refractivity contribution < 1.29 is 9.90 Å². The Bertz CT molecular complexity index is 178. The van der Waals surface area contributed by atoms with Crippen LogP contribution >= 0.6 is 0 Å². The van der Waals surface area contributed by atoms with E-state index < -0.39 is 5.60 Å². The van der Waals surface area contributed by atoms with Crippen LogP contribution in [0.1, 0.15) is 33.1 Å². The second-order valence-electron chi connectivity index (χ2n) is 4.88. The van der Waals surface area contributed by atoms with Gasteiger partial charge in [-0.2, -0.15) is 0 Å². The molecule has 0 aromatic carbocycles. The molecule has 1 heterocycles. The zero-order valence-corrected chi connectivity index (χ0v) is 9.20. The van der Waals surface area contributed by atoms with E-state index >= 15 is 0 Å². The van der Waals surface area contributed by atoms with E-state index in [4.69, 9.17) is 0 Å². The number of carbonyl (C=O) groups is 1. The zero-order chi connectivity index (χ0) is 10.6. The number of piperidine rings is 1. The molecule has 3 heteroatoms. The van der Waals surface area contributed by atoms with Crippen molar-refractivity contribution in [2.24, 2.45) is 5.92 Å². The number of hydrogen-bond acceptors (Lipinski definition) is 3. The molecule has 0 atom stereocenters. The lowest BCUT2D eigenvalue weighted by Crippen LogP contribution is -2.37. The summed E-state index contributed by atoms with van der Waals surface area (Å²) in [5.74, 6) is 0.272. The van der Waals surface area contributed by atoms with Gasteiger partial charge in [-0.15, -0.1) is 0 Å². The van der Waals surface area contributed by atoms with E-state index in [1.54, 1.807) is 0 Å². The first kappa shape index (κ1) is 11.7. The van der Waals surface area contributed by atoms with Gasteiger partial charge in [0.25, 0.3) is 0 Å². The van der Waals surface area contributed by atoms with Crippen molar-refractivity contribution in [2.45, 2.75) is 38.7 Å². The summed E-state index contributed by atoms with van der Waals surface area (Å²) in [4.78, 5) is 12.9. The number of carbonyl (C=O) groups excluding carboxylic acids is 1. The molecule has 0 radical (unpaired) electrons. The number of aliphatic hydroxyl groups is 1. The van der Waals surface area contributed by atoms with Gasteiger partial charge in [0.1, 0.15) is 6.29 Å². The standard InChI is InChI=1S/C11H21NO2/c1-11(2,14)5-8-12-6-3-10(9-13)4-7-12/h9-10,14H,3-8H2,1-2H3. The van der Waals surface area contributed by atoms with Crippen molar-refractivity contribution in [3.05, 3.63) is 0 Å². The summed E-state index contributed by atoms with van der Waals surface area (Å²) < 4.78 is 0. The highest BCUT2D eigenvalue weighted by atomic mass is 16.3. The number of aldehydes is 1. The van der Waals surface area contributed by atoms with Gasteiger partial charge < -0.3 is 14.8 Å². The molecule has 0 aromatic rings. The quantitative estimate of drug-likeness (QED) is 0.688. The van der Waals surface area contributed by atoms with Crippen molar-refractivity contribution in [1.29, 1.82) is 0 Å². The molecule has 14 heavy (non-hydrogen) atoms. The van der Waals surface area contributed by atoms with Gasteiger partial charge in [0.2, 0.25) is 0 Å². The average molecular weight is 199 g/mol. The largest absolute Gasteiger partial charge is 0.390 e. The summed E-state index contributed by atoms with van der Waals surface area (Å²) in [5.41, 5.74) is -0.568. The van der Waals surface area contributed by atoms with Crippen LogP contribution in [-0.2, 0) is 4.79 Å². The summed E-state index contributed by atoms with van der Waals surface area (Å²) in [5, 5.41) is 9.56. The zero-order valence-electron chi connectivity index (χ0n) is 9.20. The Morgan fingerprint density at radius 3 is 2.43 bits per heavy atom. The molecule has 1 rings (SSSR count). The highest BCUT2D eigenvalue weighted by Crippen LogP contribution is 2.16. The Kier molecular flexibility index (Phi) is 4.08. The lowest BCUT2D eigenvalue weighted by molar-refractivity contribution is -0.112. The van der Waals surface area contributed by atoms with Crippen LogP contribution in [0.2, 0.25) is 0 Å². The normalized spacial score (nSPS) is 21.1. The molecule has 1 aliphatic heterocycles. The number of rotatable bonds is 4. The molecule has 1 N–H and O–H groups in total. The fourth-order valence-electron chi connectivity index (χ4n) is 1.74. The Morgan fingerprint density at radius 1 is 1.43 bits per heavy atom. The van der Waals surface area contributed by atoms with E-state index in [9.17, 15) is 9.90 Å². The van der Waals surface area contributed by atoms with Crippen LogP contribution in [0, 0.1) is 5.92 Å². The van der Waals surface area contributed by atoms with Crippen molar-refractivity contribution in [3.63, 3.8) is 0 Å². The van der Waals surface area contributed by atoms with Gasteiger partial charge in [0.05, 0.1) is 5.60 Å². The maximum absolute atomic E-state index is 10.5. The fraction of sp³-hybridized carbons (Fsp3) is 0.909. The third-order valence-electron chi connectivity index (χ3n) is 2.86. The van der Waals surface area contributed by atoms with E-state index in [1.165, 1.54) is 0 Å². The predicted molar refractivity (Wildman–Crippen MR) is 56.1 cm³/mol. The Balaban J connectivity index is 2.19. The van der Waals surface area contributed by atoms with Gasteiger partial charge in [-0.3, -0.25) is 0 Å². The Hall–Kier alpha value is -0.410. The SMILES string of the molecule is CC(C)(O)CCN1CCC(C=O)CC1. The molecule has 1 aliphatic rings. The van der Waals surface area contributed by atoms with Crippen LogP contribution in [0.15, 0.2) is 0 Å². The topological polar surface area (TPSA) is 40.5 Å². The second-order valence-corrected chi connectivity index (χ2v) is 4.88. The van der Waals surface area contributed by atoms with Gasteiger partial charge in [-0.1, -0.05) is 0 Å². The minimum Gasteiger partial charge on any atom is -0.390 e. The molecule has 0 aromatic heterocycles. The number of nitrogens with zero attached hydrogens (tertiary/aromatic N) is 1. The van der Waals surface area contributed by atoms with E-state index in [2.05, 4.69) is 4.90 Å². The molecule has 1 fully saturated rings. The van der Waals surface area contributed by atoms with Crippen molar-refractivity contribution in [3.8, 4) is 0 Å². The molecular weight excluding hydrogens is 178 g/mol. The lowest BCUT2D eigenvalue weighted by atomic mass is 9.97. The van der Waals surface area contributed by atoms with Crippen LogP contribution in [0.25, 0.3) is 0 Å². The summed E-state index contributed by atoms with van der Waals surface area (Å²) in [6.07, 6.45) is 3.84. The summed E-state index contributed by atoms with van der Waals surface area (Å²) in [6, 6.07) is 0. The van der Waals surface area contributed by atoms with E-state index in [0.717, 1.165) is 45.2 Å². The summed E-state index contributed by atoms with van der Waals surface area (Å²) >= 11 is 0. The van der Waals surface area contributed by atoms with E-state index in [1.807, 2.05) is 13.8 Å². The minimum absolute atomic E-state index is 0.272. The van der Waals surface area contributed by atoms with Gasteiger partial charge in [0.15, 0.2) is 0 Å². The third-order valence-corrected chi connectivity index (χ3v) is 2.86. The van der Waals surface area contributed by atoms with Crippen molar-refractivity contribution >= 4 is 6.29 Å². The highest BCUT2D eigenvalue weighted by Gasteiger charge is 2.20. The van der Waals surface area contributed by atoms with E-state index in [-0.39, 0.29) is 5.92 Å². The summed E-state index contributed by atoms with van der Waals surface area (Å²) in [7, 11) is 0. The average Bonchev–Trinajstić information content (AvgIpc) is 2.14. The van der Waals surface area contributed by atoms with Gasteiger partial charge in [-0.25, -0.2) is 0 Å². The molecule has 0 aliphatic carbocycles. The molecule has 3 nitrogen and oxygen atoms in total. The molecule has 82 valence electrons. The van der Waals surface area contributed by atoms with Gasteiger partial charge in [0, 0.05) is 12.5 Å². The molecule has 0 spiro atoms. The maximum Gasteiger partial charge on any atom is 0.123 e. The van der Waals surface area contributed by atoms with E-state index in [0.29, 0.717) is 0 Å². The highest BCUT2D eigenvalue weighted by molar-refractivity contribution is 5.53. The fourth-order valence-corrected chi connectivity index (χ4v) is 1.74. The Morgan fingerprint density at radius 2 is 2.00 bits per heavy atom. The van der Waals surface area contributed by atoms with Crippen LogP contribution in [0.4, 0.5) is 0 Å². The monoisotopic (exact) mass is 199 g/mol. The lowest BCUT2D eigenvalue weighted by Gasteiger charge is -2.31. The first-order valence-electron chi connectivity index (χ1n) is 5.41.